The van der Waals surface area contributed by atoms with Crippen molar-refractivity contribution in [1.82, 2.24) is 10.3 Å². The van der Waals surface area contributed by atoms with E-state index in [1.165, 1.54) is 17.4 Å². The maximum atomic E-state index is 4.45. The average molecular weight is 284 g/mol. The second kappa shape index (κ2) is 6.57. The summed E-state index contributed by atoms with van der Waals surface area (Å²) in [5.74, 6) is 0.683. The van der Waals surface area contributed by atoms with Gasteiger partial charge in [-0.2, -0.15) is 0 Å². The van der Waals surface area contributed by atoms with Crippen LogP contribution in [0, 0.1) is 11.3 Å². The van der Waals surface area contributed by atoms with E-state index in [2.05, 4.69) is 75.4 Å². The molecular weight excluding hydrogens is 256 g/mol. The Labute approximate surface area is 129 Å². The first-order chi connectivity index (χ1) is 9.91. The van der Waals surface area contributed by atoms with Crippen molar-refractivity contribution in [2.24, 2.45) is 11.3 Å². The SMILES string of the molecule is CNC(Cc1ccnc2ccccc12)CC(C)C(C)(C)C. The van der Waals surface area contributed by atoms with Crippen molar-refractivity contribution < 1.29 is 0 Å². The van der Waals surface area contributed by atoms with Crippen LogP contribution < -0.4 is 5.32 Å². The Morgan fingerprint density at radius 1 is 1.14 bits per heavy atom. The van der Waals surface area contributed by atoms with Crippen LogP contribution >= 0.6 is 0 Å². The zero-order chi connectivity index (χ0) is 15.5. The van der Waals surface area contributed by atoms with Gasteiger partial charge in [-0.3, -0.25) is 4.98 Å². The van der Waals surface area contributed by atoms with Gasteiger partial charge in [-0.25, -0.2) is 0 Å². The summed E-state index contributed by atoms with van der Waals surface area (Å²) in [5, 5.41) is 4.78. The number of hydrogen-bond donors (Lipinski definition) is 1. The Balaban J connectivity index is 2.17. The second-order valence-electron chi connectivity index (χ2n) is 7.18. The highest BCUT2D eigenvalue weighted by molar-refractivity contribution is 5.81. The summed E-state index contributed by atoms with van der Waals surface area (Å²) >= 11 is 0. The van der Waals surface area contributed by atoms with E-state index >= 15 is 0 Å². The van der Waals surface area contributed by atoms with Gasteiger partial charge in [-0.15, -0.1) is 0 Å². The molecule has 1 heterocycles. The lowest BCUT2D eigenvalue weighted by molar-refractivity contribution is 0.225. The molecule has 0 bridgehead atoms. The van der Waals surface area contributed by atoms with Crippen molar-refractivity contribution in [2.75, 3.05) is 7.05 Å². The van der Waals surface area contributed by atoms with Gasteiger partial charge in [0.05, 0.1) is 5.52 Å². The van der Waals surface area contributed by atoms with Crippen LogP contribution in [0.2, 0.25) is 0 Å². The van der Waals surface area contributed by atoms with Crippen LogP contribution in [0.5, 0.6) is 0 Å². The van der Waals surface area contributed by atoms with Crippen LogP contribution in [0.1, 0.15) is 39.7 Å². The molecule has 1 N–H and O–H groups in total. The molecule has 21 heavy (non-hydrogen) atoms. The summed E-state index contributed by atoms with van der Waals surface area (Å²) in [6.07, 6.45) is 4.17. The van der Waals surface area contributed by atoms with Crippen molar-refractivity contribution in [1.29, 1.82) is 0 Å². The van der Waals surface area contributed by atoms with Crippen molar-refractivity contribution in [3.63, 3.8) is 0 Å². The molecule has 0 radical (unpaired) electrons. The molecule has 2 heteroatoms. The minimum absolute atomic E-state index is 0.357. The predicted octanol–water partition coefficient (Wildman–Crippen LogP) is 4.44. The number of hydrogen-bond acceptors (Lipinski definition) is 2. The fourth-order valence-electron chi connectivity index (χ4n) is 2.68. The number of para-hydroxylation sites is 1. The molecule has 0 amide bonds. The highest BCUT2D eigenvalue weighted by Crippen LogP contribution is 2.30. The monoisotopic (exact) mass is 284 g/mol. The number of rotatable bonds is 5. The molecule has 2 aromatic rings. The molecule has 114 valence electrons. The number of fused-ring (bicyclic) bond motifs is 1. The first kappa shape index (κ1) is 16.0. The summed E-state index contributed by atoms with van der Waals surface area (Å²) in [6.45, 7) is 9.33. The number of benzene rings is 1. The summed E-state index contributed by atoms with van der Waals surface area (Å²) in [5.41, 5.74) is 2.84. The van der Waals surface area contributed by atoms with Crippen LogP contribution in [-0.4, -0.2) is 18.1 Å². The van der Waals surface area contributed by atoms with Gasteiger partial charge in [0.15, 0.2) is 0 Å². The molecule has 0 saturated heterocycles. The molecule has 2 nitrogen and oxygen atoms in total. The van der Waals surface area contributed by atoms with Gasteiger partial charge in [-0.1, -0.05) is 45.9 Å². The lowest BCUT2D eigenvalue weighted by atomic mass is 9.77. The van der Waals surface area contributed by atoms with Crippen molar-refractivity contribution in [3.05, 3.63) is 42.1 Å². The molecule has 0 aliphatic heterocycles. The zero-order valence-electron chi connectivity index (χ0n) is 14.0. The predicted molar refractivity (Wildman–Crippen MR) is 91.5 cm³/mol. The molecule has 2 atom stereocenters. The zero-order valence-corrected chi connectivity index (χ0v) is 14.0. The summed E-state index contributed by atoms with van der Waals surface area (Å²) in [6, 6.07) is 11.1. The number of pyridine rings is 1. The minimum atomic E-state index is 0.357. The van der Waals surface area contributed by atoms with E-state index in [1.54, 1.807) is 0 Å². The molecule has 1 aromatic carbocycles. The summed E-state index contributed by atoms with van der Waals surface area (Å²) < 4.78 is 0. The van der Waals surface area contributed by atoms with Crippen molar-refractivity contribution in [2.45, 2.75) is 46.6 Å². The largest absolute Gasteiger partial charge is 0.317 e. The highest BCUT2D eigenvalue weighted by Gasteiger charge is 2.23. The molecule has 0 fully saturated rings. The Kier molecular flexibility index (Phi) is 5.00. The van der Waals surface area contributed by atoms with Gasteiger partial charge in [0.2, 0.25) is 0 Å². The fourth-order valence-corrected chi connectivity index (χ4v) is 2.68. The Morgan fingerprint density at radius 3 is 2.52 bits per heavy atom. The molecular formula is C19H28N2. The second-order valence-corrected chi connectivity index (χ2v) is 7.18. The highest BCUT2D eigenvalue weighted by atomic mass is 14.9. The molecule has 2 rings (SSSR count). The van der Waals surface area contributed by atoms with Crippen LogP contribution in [0.3, 0.4) is 0 Å². The van der Waals surface area contributed by atoms with E-state index < -0.39 is 0 Å². The summed E-state index contributed by atoms with van der Waals surface area (Å²) in [7, 11) is 2.07. The van der Waals surface area contributed by atoms with Gasteiger partial charge < -0.3 is 5.32 Å². The number of nitrogens with zero attached hydrogens (tertiary/aromatic N) is 1. The Hall–Kier alpha value is -1.41. The third-order valence-electron chi connectivity index (χ3n) is 4.73. The van der Waals surface area contributed by atoms with E-state index in [9.17, 15) is 0 Å². The van der Waals surface area contributed by atoms with E-state index in [0.29, 0.717) is 17.4 Å². The lowest BCUT2D eigenvalue weighted by Crippen LogP contribution is -2.33. The quantitative estimate of drug-likeness (QED) is 0.878. The Bertz CT molecular complexity index is 578. The van der Waals surface area contributed by atoms with Gasteiger partial charge in [0, 0.05) is 17.6 Å². The van der Waals surface area contributed by atoms with Crippen LogP contribution in [0.4, 0.5) is 0 Å². The number of nitrogens with one attached hydrogen (secondary N) is 1. The van der Waals surface area contributed by atoms with Crippen molar-refractivity contribution in [3.8, 4) is 0 Å². The molecule has 0 aliphatic rings. The first-order valence-electron chi connectivity index (χ1n) is 7.91. The van der Waals surface area contributed by atoms with Crippen molar-refractivity contribution >= 4 is 10.9 Å². The lowest BCUT2D eigenvalue weighted by Gasteiger charge is -2.31. The maximum Gasteiger partial charge on any atom is 0.0704 e. The Morgan fingerprint density at radius 2 is 1.86 bits per heavy atom. The standard InChI is InChI=1S/C19H28N2/c1-14(19(2,3)4)12-16(20-5)13-15-10-11-21-18-9-7-6-8-17(15)18/h6-11,14,16,20H,12-13H2,1-5H3. The van der Waals surface area contributed by atoms with Gasteiger partial charge >= 0.3 is 0 Å². The van der Waals surface area contributed by atoms with E-state index in [4.69, 9.17) is 0 Å². The number of likely N-dealkylation sites (N-methyl/N-ethyl adjacent to an activating group) is 1. The van der Waals surface area contributed by atoms with E-state index in [-0.39, 0.29) is 0 Å². The fraction of sp³-hybridized carbons (Fsp3) is 0.526. The molecule has 1 aromatic heterocycles. The first-order valence-corrected chi connectivity index (χ1v) is 7.91. The third-order valence-corrected chi connectivity index (χ3v) is 4.73. The van der Waals surface area contributed by atoms with Crippen LogP contribution in [0.25, 0.3) is 10.9 Å². The summed E-state index contributed by atoms with van der Waals surface area (Å²) in [4.78, 5) is 4.45. The molecule has 0 saturated carbocycles. The van der Waals surface area contributed by atoms with Gasteiger partial charge in [-0.05, 0) is 48.9 Å². The smallest absolute Gasteiger partial charge is 0.0704 e. The molecule has 2 unspecified atom stereocenters. The average Bonchev–Trinajstić information content (AvgIpc) is 2.45. The third kappa shape index (κ3) is 4.04. The maximum absolute atomic E-state index is 4.45. The van der Waals surface area contributed by atoms with E-state index in [1.807, 2.05) is 6.20 Å². The van der Waals surface area contributed by atoms with Crippen LogP contribution in [-0.2, 0) is 6.42 Å². The molecule has 0 aliphatic carbocycles. The van der Waals surface area contributed by atoms with Gasteiger partial charge in [0.1, 0.15) is 0 Å². The minimum Gasteiger partial charge on any atom is -0.317 e. The topological polar surface area (TPSA) is 24.9 Å². The van der Waals surface area contributed by atoms with Gasteiger partial charge in [0.25, 0.3) is 0 Å². The number of aromatic nitrogens is 1. The normalized spacial score (nSPS) is 15.1. The van der Waals surface area contributed by atoms with E-state index in [0.717, 1.165) is 11.9 Å². The molecule has 0 spiro atoms. The van der Waals surface area contributed by atoms with Crippen LogP contribution in [0.15, 0.2) is 36.5 Å².